The van der Waals surface area contributed by atoms with Crippen molar-refractivity contribution in [3.8, 4) is 0 Å². The first-order valence-corrected chi connectivity index (χ1v) is 5.51. The molecule has 13 heavy (non-hydrogen) atoms. The number of fused-ring (bicyclic) bond motifs is 1. The van der Waals surface area contributed by atoms with E-state index < -0.39 is 0 Å². The van der Waals surface area contributed by atoms with Crippen LogP contribution in [0.15, 0.2) is 0 Å². The lowest BCUT2D eigenvalue weighted by Gasteiger charge is -2.40. The number of hydrogen-bond donors (Lipinski definition) is 0. The highest BCUT2D eigenvalue weighted by Gasteiger charge is 2.53. The van der Waals surface area contributed by atoms with Gasteiger partial charge in [0, 0.05) is 6.42 Å². The Kier molecular flexibility index (Phi) is 1.58. The summed E-state index contributed by atoms with van der Waals surface area (Å²) in [6, 6.07) is 0. The minimum absolute atomic E-state index is 0.0168. The highest BCUT2D eigenvalue weighted by molar-refractivity contribution is 5.84. The van der Waals surface area contributed by atoms with Crippen LogP contribution in [0.5, 0.6) is 0 Å². The molecule has 3 aliphatic rings. The molecule has 2 bridgehead atoms. The van der Waals surface area contributed by atoms with Crippen molar-refractivity contribution in [1.29, 1.82) is 0 Å². The van der Waals surface area contributed by atoms with Crippen LogP contribution in [0.2, 0.25) is 0 Å². The number of Topliss-reactive ketones (excluding diaryl/α,β-unsaturated/α-hetero) is 1. The lowest BCUT2D eigenvalue weighted by molar-refractivity contribution is -0.151. The Bertz CT molecular complexity index is 248. The minimum atomic E-state index is -0.0168. The van der Waals surface area contributed by atoms with E-state index in [4.69, 9.17) is 4.74 Å². The number of rotatable bonds is 0. The lowest BCUT2D eigenvalue weighted by atomic mass is 9.74. The van der Waals surface area contributed by atoms with Gasteiger partial charge in [-0.2, -0.15) is 0 Å². The molecule has 3 fully saturated rings. The van der Waals surface area contributed by atoms with E-state index >= 15 is 0 Å². The topological polar surface area (TPSA) is 26.3 Å². The Morgan fingerprint density at radius 1 is 1.31 bits per heavy atom. The predicted molar refractivity (Wildman–Crippen MR) is 48.4 cm³/mol. The van der Waals surface area contributed by atoms with Gasteiger partial charge in [0.05, 0.1) is 5.60 Å². The highest BCUT2D eigenvalue weighted by atomic mass is 16.5. The second kappa shape index (κ2) is 2.57. The van der Waals surface area contributed by atoms with E-state index in [1.54, 1.807) is 0 Å². The second-order valence-electron chi connectivity index (χ2n) is 4.82. The molecule has 1 aliphatic carbocycles. The zero-order chi connectivity index (χ0) is 8.89. The maximum atomic E-state index is 11.5. The third-order valence-electron chi connectivity index (χ3n) is 4.18. The number of ketones is 1. The van der Waals surface area contributed by atoms with Crippen molar-refractivity contribution < 1.29 is 9.53 Å². The van der Waals surface area contributed by atoms with E-state index in [9.17, 15) is 4.79 Å². The molecule has 72 valence electrons. The molecule has 2 saturated heterocycles. The largest absolute Gasteiger partial charge is 0.364 e. The molecule has 0 N–H and O–H groups in total. The van der Waals surface area contributed by atoms with Crippen LogP contribution in [0, 0.1) is 5.92 Å². The van der Waals surface area contributed by atoms with Gasteiger partial charge in [-0.25, -0.2) is 0 Å². The quantitative estimate of drug-likeness (QED) is 0.570. The average Bonchev–Trinajstić information content (AvgIpc) is 2.47. The van der Waals surface area contributed by atoms with Gasteiger partial charge in [0.15, 0.2) is 5.78 Å². The zero-order valence-corrected chi connectivity index (χ0v) is 7.92. The van der Waals surface area contributed by atoms with E-state index in [0.717, 1.165) is 19.3 Å². The Balaban J connectivity index is 1.91. The van der Waals surface area contributed by atoms with Crippen molar-refractivity contribution in [2.75, 3.05) is 0 Å². The molecule has 2 unspecified atom stereocenters. The van der Waals surface area contributed by atoms with Gasteiger partial charge in [0.1, 0.15) is 6.10 Å². The third-order valence-corrected chi connectivity index (χ3v) is 4.18. The van der Waals surface area contributed by atoms with Gasteiger partial charge in [-0.1, -0.05) is 12.8 Å². The van der Waals surface area contributed by atoms with Crippen molar-refractivity contribution >= 4 is 5.78 Å². The van der Waals surface area contributed by atoms with Gasteiger partial charge in [-0.05, 0) is 31.6 Å². The molecule has 0 aromatic rings. The summed E-state index contributed by atoms with van der Waals surface area (Å²) < 4.78 is 5.95. The van der Waals surface area contributed by atoms with Crippen molar-refractivity contribution in [1.82, 2.24) is 0 Å². The fourth-order valence-corrected chi connectivity index (χ4v) is 3.44. The van der Waals surface area contributed by atoms with Crippen molar-refractivity contribution in [3.05, 3.63) is 0 Å². The van der Waals surface area contributed by atoms with Gasteiger partial charge in [-0.3, -0.25) is 4.79 Å². The normalized spacial score (nSPS) is 49.1. The summed E-state index contributed by atoms with van der Waals surface area (Å²) in [5, 5.41) is 0. The number of carbonyl (C=O) groups excluding carboxylic acids is 1. The smallest absolute Gasteiger partial charge is 0.161 e. The Labute approximate surface area is 78.6 Å². The van der Waals surface area contributed by atoms with E-state index in [-0.39, 0.29) is 11.7 Å². The average molecular weight is 180 g/mol. The van der Waals surface area contributed by atoms with Gasteiger partial charge in [0.25, 0.3) is 0 Å². The molecule has 3 atom stereocenters. The van der Waals surface area contributed by atoms with Crippen LogP contribution in [-0.2, 0) is 9.53 Å². The van der Waals surface area contributed by atoms with E-state index in [2.05, 4.69) is 0 Å². The second-order valence-corrected chi connectivity index (χ2v) is 4.82. The summed E-state index contributed by atoms with van der Waals surface area (Å²) in [4.78, 5) is 11.5. The third kappa shape index (κ3) is 1.01. The predicted octanol–water partition coefficient (Wildman–Crippen LogP) is 2.07. The number of carbonyl (C=O) groups is 1. The first-order valence-electron chi connectivity index (χ1n) is 5.51. The van der Waals surface area contributed by atoms with Gasteiger partial charge in [-0.15, -0.1) is 0 Å². The standard InChI is InChI=1S/C11H16O2/c12-9-4-6-11-5-2-1-3-8(11)7-10(9)13-11/h8,10H,1-7H2/t8-,10?,11?/m0/s1. The van der Waals surface area contributed by atoms with Crippen LogP contribution < -0.4 is 0 Å². The van der Waals surface area contributed by atoms with Crippen LogP contribution in [0.4, 0.5) is 0 Å². The molecule has 3 rings (SSSR count). The van der Waals surface area contributed by atoms with Crippen LogP contribution in [-0.4, -0.2) is 17.5 Å². The summed E-state index contributed by atoms with van der Waals surface area (Å²) in [5.41, 5.74) is 0.150. The fraction of sp³-hybridized carbons (Fsp3) is 0.909. The molecular weight excluding hydrogens is 164 g/mol. The van der Waals surface area contributed by atoms with Gasteiger partial charge >= 0.3 is 0 Å². The van der Waals surface area contributed by atoms with E-state index in [1.807, 2.05) is 0 Å². The first kappa shape index (κ1) is 7.98. The number of ether oxygens (including phenoxy) is 1. The van der Waals surface area contributed by atoms with E-state index in [1.165, 1.54) is 25.7 Å². The highest BCUT2D eigenvalue weighted by Crippen LogP contribution is 2.51. The first-order chi connectivity index (χ1) is 6.30. The van der Waals surface area contributed by atoms with Crippen LogP contribution >= 0.6 is 0 Å². The van der Waals surface area contributed by atoms with Crippen LogP contribution in [0.3, 0.4) is 0 Å². The summed E-state index contributed by atoms with van der Waals surface area (Å²) in [6.07, 6.45) is 7.95. The maximum Gasteiger partial charge on any atom is 0.161 e. The van der Waals surface area contributed by atoms with Gasteiger partial charge in [0.2, 0.25) is 0 Å². The van der Waals surface area contributed by atoms with Crippen LogP contribution in [0.1, 0.15) is 44.9 Å². The van der Waals surface area contributed by atoms with Crippen LogP contribution in [0.25, 0.3) is 0 Å². The molecule has 0 radical (unpaired) electrons. The van der Waals surface area contributed by atoms with Crippen molar-refractivity contribution in [3.63, 3.8) is 0 Å². The molecule has 0 aromatic carbocycles. The van der Waals surface area contributed by atoms with E-state index in [0.29, 0.717) is 11.7 Å². The Morgan fingerprint density at radius 2 is 2.23 bits per heavy atom. The SMILES string of the molecule is O=C1CCC23CCCC[C@H]2CC1O3. The molecule has 2 aliphatic heterocycles. The zero-order valence-electron chi connectivity index (χ0n) is 7.92. The molecule has 2 heteroatoms. The summed E-state index contributed by atoms with van der Waals surface area (Å²) >= 11 is 0. The number of hydrogen-bond acceptors (Lipinski definition) is 2. The van der Waals surface area contributed by atoms with Crippen molar-refractivity contribution in [2.45, 2.75) is 56.7 Å². The monoisotopic (exact) mass is 180 g/mol. The molecule has 2 heterocycles. The molecule has 1 spiro atoms. The van der Waals surface area contributed by atoms with Crippen molar-refractivity contribution in [2.24, 2.45) is 5.92 Å². The Hall–Kier alpha value is -0.370. The maximum absolute atomic E-state index is 11.5. The summed E-state index contributed by atoms with van der Waals surface area (Å²) in [7, 11) is 0. The fourth-order valence-electron chi connectivity index (χ4n) is 3.44. The Morgan fingerprint density at radius 3 is 3.15 bits per heavy atom. The molecule has 1 saturated carbocycles. The summed E-state index contributed by atoms with van der Waals surface area (Å²) in [6.45, 7) is 0. The minimum Gasteiger partial charge on any atom is -0.364 e. The lowest BCUT2D eigenvalue weighted by Crippen LogP contribution is -2.42. The molecular formula is C11H16O2. The molecule has 2 nitrogen and oxygen atoms in total. The molecule has 0 aromatic heterocycles. The summed E-state index contributed by atoms with van der Waals surface area (Å²) in [5.74, 6) is 1.07. The molecule has 0 amide bonds. The van der Waals surface area contributed by atoms with Gasteiger partial charge < -0.3 is 4.74 Å².